The number of benzene rings is 1. The van der Waals surface area contributed by atoms with E-state index in [0.717, 1.165) is 11.1 Å². The van der Waals surface area contributed by atoms with Gasteiger partial charge in [0.1, 0.15) is 5.82 Å². The van der Waals surface area contributed by atoms with Crippen molar-refractivity contribution in [2.75, 3.05) is 0 Å². The molecule has 2 amide bonds. The van der Waals surface area contributed by atoms with E-state index >= 15 is 0 Å². The van der Waals surface area contributed by atoms with Gasteiger partial charge in [-0.15, -0.1) is 0 Å². The van der Waals surface area contributed by atoms with Crippen molar-refractivity contribution in [3.8, 4) is 0 Å². The molecule has 0 saturated heterocycles. The summed E-state index contributed by atoms with van der Waals surface area (Å²) in [6.07, 6.45) is 3.37. The Kier molecular flexibility index (Phi) is 5.06. The van der Waals surface area contributed by atoms with Crippen LogP contribution < -0.4 is 10.6 Å². The Morgan fingerprint density at radius 1 is 1.25 bits per heavy atom. The van der Waals surface area contributed by atoms with Gasteiger partial charge in [-0.3, -0.25) is 4.98 Å². The summed E-state index contributed by atoms with van der Waals surface area (Å²) in [6.45, 7) is 0.726. The zero-order valence-corrected chi connectivity index (χ0v) is 12.2. The summed E-state index contributed by atoms with van der Waals surface area (Å²) < 4.78 is 13.5. The fourth-order valence-corrected chi connectivity index (χ4v) is 2.08. The molecule has 0 saturated carbocycles. The van der Waals surface area contributed by atoms with Gasteiger partial charge in [0, 0.05) is 30.0 Å². The SMILES string of the molecule is O=C(NCc1cccnc1)NCc1ccc(F)cc1Br. The molecule has 1 aromatic heterocycles. The van der Waals surface area contributed by atoms with Crippen molar-refractivity contribution in [2.24, 2.45) is 0 Å². The summed E-state index contributed by atoms with van der Waals surface area (Å²) in [6, 6.07) is 7.75. The lowest BCUT2D eigenvalue weighted by atomic mass is 10.2. The molecule has 2 rings (SSSR count). The van der Waals surface area contributed by atoms with Crippen molar-refractivity contribution in [1.82, 2.24) is 15.6 Å². The molecule has 4 nitrogen and oxygen atoms in total. The Bertz CT molecular complexity index is 592. The van der Waals surface area contributed by atoms with Crippen LogP contribution in [0.4, 0.5) is 9.18 Å². The Morgan fingerprint density at radius 2 is 2.05 bits per heavy atom. The molecule has 0 aliphatic carbocycles. The molecule has 0 aliphatic heterocycles. The molecule has 1 heterocycles. The average molecular weight is 338 g/mol. The summed E-state index contributed by atoms with van der Waals surface area (Å²) >= 11 is 3.25. The highest BCUT2D eigenvalue weighted by molar-refractivity contribution is 9.10. The number of hydrogen-bond donors (Lipinski definition) is 2. The Morgan fingerprint density at radius 3 is 2.75 bits per heavy atom. The maximum atomic E-state index is 12.9. The number of amides is 2. The number of nitrogens with zero attached hydrogens (tertiary/aromatic N) is 1. The number of nitrogens with one attached hydrogen (secondary N) is 2. The Balaban J connectivity index is 1.80. The van der Waals surface area contributed by atoms with E-state index < -0.39 is 0 Å². The van der Waals surface area contributed by atoms with E-state index in [1.54, 1.807) is 18.5 Å². The number of pyridine rings is 1. The molecule has 0 spiro atoms. The molecule has 2 N–H and O–H groups in total. The van der Waals surface area contributed by atoms with Crippen molar-refractivity contribution in [2.45, 2.75) is 13.1 Å². The third-order valence-corrected chi connectivity index (χ3v) is 3.37. The van der Waals surface area contributed by atoms with Crippen LogP contribution in [-0.4, -0.2) is 11.0 Å². The zero-order chi connectivity index (χ0) is 14.4. The van der Waals surface area contributed by atoms with Crippen LogP contribution in [0.3, 0.4) is 0 Å². The fraction of sp³-hybridized carbons (Fsp3) is 0.143. The Labute approximate surface area is 124 Å². The minimum atomic E-state index is -0.318. The Hall–Kier alpha value is -1.95. The first-order valence-electron chi connectivity index (χ1n) is 5.99. The molecule has 1 aromatic carbocycles. The number of hydrogen-bond acceptors (Lipinski definition) is 2. The second-order valence-electron chi connectivity index (χ2n) is 4.13. The largest absolute Gasteiger partial charge is 0.334 e. The van der Waals surface area contributed by atoms with E-state index in [1.807, 2.05) is 12.1 Å². The van der Waals surface area contributed by atoms with Crippen LogP contribution in [0.1, 0.15) is 11.1 Å². The normalized spacial score (nSPS) is 10.1. The smallest absolute Gasteiger partial charge is 0.315 e. The van der Waals surface area contributed by atoms with Crippen LogP contribution in [0.2, 0.25) is 0 Å². The lowest BCUT2D eigenvalue weighted by Gasteiger charge is -2.09. The second-order valence-corrected chi connectivity index (χ2v) is 4.99. The quantitative estimate of drug-likeness (QED) is 0.901. The number of halogens is 2. The summed E-state index contributed by atoms with van der Waals surface area (Å²) in [5, 5.41) is 5.43. The minimum Gasteiger partial charge on any atom is -0.334 e. The van der Waals surface area contributed by atoms with Crippen molar-refractivity contribution in [3.05, 3.63) is 64.1 Å². The first-order chi connectivity index (χ1) is 9.65. The van der Waals surface area contributed by atoms with Crippen molar-refractivity contribution >= 4 is 22.0 Å². The third-order valence-electron chi connectivity index (χ3n) is 2.63. The molecule has 6 heteroatoms. The number of aromatic nitrogens is 1. The van der Waals surface area contributed by atoms with E-state index in [0.29, 0.717) is 17.6 Å². The molecular weight excluding hydrogens is 325 g/mol. The highest BCUT2D eigenvalue weighted by Crippen LogP contribution is 2.17. The van der Waals surface area contributed by atoms with Crippen molar-refractivity contribution < 1.29 is 9.18 Å². The second kappa shape index (κ2) is 7.00. The fourth-order valence-electron chi connectivity index (χ4n) is 1.59. The molecular formula is C14H13BrFN3O. The number of urea groups is 1. The summed E-state index contributed by atoms with van der Waals surface area (Å²) in [4.78, 5) is 15.6. The lowest BCUT2D eigenvalue weighted by molar-refractivity contribution is 0.240. The van der Waals surface area contributed by atoms with E-state index in [1.165, 1.54) is 12.1 Å². The van der Waals surface area contributed by atoms with Gasteiger partial charge in [0.15, 0.2) is 0 Å². The van der Waals surface area contributed by atoms with Gasteiger partial charge >= 0.3 is 6.03 Å². The monoisotopic (exact) mass is 337 g/mol. The molecule has 0 atom stereocenters. The molecule has 0 bridgehead atoms. The number of carbonyl (C=O) groups is 1. The van der Waals surface area contributed by atoms with E-state index in [4.69, 9.17) is 0 Å². The third kappa shape index (κ3) is 4.31. The van der Waals surface area contributed by atoms with Gasteiger partial charge in [0.25, 0.3) is 0 Å². The number of carbonyl (C=O) groups excluding carboxylic acids is 1. The molecule has 0 aliphatic rings. The predicted molar refractivity (Wildman–Crippen MR) is 77.4 cm³/mol. The average Bonchev–Trinajstić information content (AvgIpc) is 2.45. The summed E-state index contributed by atoms with van der Waals surface area (Å²) in [7, 11) is 0. The van der Waals surface area contributed by atoms with E-state index in [9.17, 15) is 9.18 Å². The lowest BCUT2D eigenvalue weighted by Crippen LogP contribution is -2.34. The highest BCUT2D eigenvalue weighted by atomic mass is 79.9. The van der Waals surface area contributed by atoms with Crippen LogP contribution in [-0.2, 0) is 13.1 Å². The van der Waals surface area contributed by atoms with Gasteiger partial charge in [-0.25, -0.2) is 9.18 Å². The van der Waals surface area contributed by atoms with Crippen LogP contribution >= 0.6 is 15.9 Å². The molecule has 104 valence electrons. The molecule has 0 unspecified atom stereocenters. The minimum absolute atomic E-state index is 0.287. The first kappa shape index (κ1) is 14.5. The first-order valence-corrected chi connectivity index (χ1v) is 6.79. The van der Waals surface area contributed by atoms with E-state index in [-0.39, 0.29) is 11.8 Å². The number of rotatable bonds is 4. The van der Waals surface area contributed by atoms with Gasteiger partial charge in [-0.2, -0.15) is 0 Å². The van der Waals surface area contributed by atoms with Crippen LogP contribution in [0.15, 0.2) is 47.2 Å². The maximum Gasteiger partial charge on any atom is 0.315 e. The predicted octanol–water partition coefficient (Wildman–Crippen LogP) is 2.98. The molecule has 0 radical (unpaired) electrons. The van der Waals surface area contributed by atoms with Crippen LogP contribution in [0.5, 0.6) is 0 Å². The molecule has 2 aromatic rings. The highest BCUT2D eigenvalue weighted by Gasteiger charge is 2.04. The van der Waals surface area contributed by atoms with Crippen molar-refractivity contribution in [1.29, 1.82) is 0 Å². The van der Waals surface area contributed by atoms with Gasteiger partial charge in [-0.05, 0) is 29.3 Å². The van der Waals surface area contributed by atoms with Gasteiger partial charge in [0.2, 0.25) is 0 Å². The van der Waals surface area contributed by atoms with Gasteiger partial charge in [-0.1, -0.05) is 28.1 Å². The topological polar surface area (TPSA) is 54.0 Å². The van der Waals surface area contributed by atoms with E-state index in [2.05, 4.69) is 31.5 Å². The maximum absolute atomic E-state index is 12.9. The summed E-state index contributed by atoms with van der Waals surface area (Å²) in [5.74, 6) is -0.318. The zero-order valence-electron chi connectivity index (χ0n) is 10.6. The molecule has 20 heavy (non-hydrogen) atoms. The van der Waals surface area contributed by atoms with Crippen LogP contribution in [0, 0.1) is 5.82 Å². The summed E-state index contributed by atoms with van der Waals surface area (Å²) in [5.41, 5.74) is 1.73. The van der Waals surface area contributed by atoms with Crippen LogP contribution in [0.25, 0.3) is 0 Å². The van der Waals surface area contributed by atoms with Gasteiger partial charge in [0.05, 0.1) is 0 Å². The van der Waals surface area contributed by atoms with Gasteiger partial charge < -0.3 is 10.6 Å². The van der Waals surface area contributed by atoms with Crippen molar-refractivity contribution in [3.63, 3.8) is 0 Å². The standard InChI is InChI=1S/C14H13BrFN3O/c15-13-6-12(16)4-3-11(13)9-19-14(20)18-8-10-2-1-5-17-7-10/h1-7H,8-9H2,(H2,18,19,20). The molecule has 0 fully saturated rings.